The van der Waals surface area contributed by atoms with Crippen molar-refractivity contribution in [2.24, 2.45) is 0 Å². The first-order chi connectivity index (χ1) is 9.65. The standard InChI is InChI=1S/C12H11ClF3NO3S/c13-10-8-9(2-1-7-18)3-4-11(10)21(19,20)17-6-5-12(14,15)16/h3-4,8,17-18H,5-7H2. The highest BCUT2D eigenvalue weighted by Crippen LogP contribution is 2.23. The SMILES string of the molecule is O=S(=O)(NCCC(F)(F)F)c1ccc(C#CCO)cc1Cl. The van der Waals surface area contributed by atoms with Gasteiger partial charge in [-0.15, -0.1) is 0 Å². The number of hydrogen-bond acceptors (Lipinski definition) is 3. The topological polar surface area (TPSA) is 66.4 Å². The van der Waals surface area contributed by atoms with E-state index in [2.05, 4.69) is 11.8 Å². The van der Waals surface area contributed by atoms with Gasteiger partial charge in [0.25, 0.3) is 0 Å². The van der Waals surface area contributed by atoms with Gasteiger partial charge in [0, 0.05) is 12.1 Å². The summed E-state index contributed by atoms with van der Waals surface area (Å²) in [7, 11) is -4.13. The molecule has 0 aliphatic carbocycles. The highest BCUT2D eigenvalue weighted by atomic mass is 35.5. The third-order valence-corrected chi connectivity index (χ3v) is 4.18. The van der Waals surface area contributed by atoms with Crippen LogP contribution in [0.25, 0.3) is 0 Å². The summed E-state index contributed by atoms with van der Waals surface area (Å²) in [6, 6.07) is 3.73. The van der Waals surface area contributed by atoms with Crippen LogP contribution in [0, 0.1) is 11.8 Å². The fourth-order valence-corrected chi connectivity index (χ4v) is 2.92. The number of alkyl halides is 3. The maximum absolute atomic E-state index is 12.0. The Kier molecular flexibility index (Phi) is 6.04. The number of sulfonamides is 1. The minimum atomic E-state index is -4.45. The zero-order valence-corrected chi connectivity index (χ0v) is 12.1. The summed E-state index contributed by atoms with van der Waals surface area (Å²) in [5, 5.41) is 8.37. The van der Waals surface area contributed by atoms with E-state index in [9.17, 15) is 21.6 Å². The van der Waals surface area contributed by atoms with Crippen LogP contribution in [-0.4, -0.2) is 32.9 Å². The summed E-state index contributed by atoms with van der Waals surface area (Å²) >= 11 is 5.79. The molecule has 0 aliphatic rings. The van der Waals surface area contributed by atoms with E-state index in [4.69, 9.17) is 16.7 Å². The Hall–Kier alpha value is -1.27. The summed E-state index contributed by atoms with van der Waals surface area (Å²) in [5.74, 6) is 4.89. The molecule has 0 bridgehead atoms. The third kappa shape index (κ3) is 5.93. The van der Waals surface area contributed by atoms with Gasteiger partial charge in [-0.25, -0.2) is 13.1 Å². The van der Waals surface area contributed by atoms with Crippen molar-refractivity contribution in [1.82, 2.24) is 4.72 Å². The molecule has 0 aromatic heterocycles. The van der Waals surface area contributed by atoms with Crippen LogP contribution in [0.5, 0.6) is 0 Å². The molecule has 0 saturated heterocycles. The second kappa shape index (κ2) is 7.13. The maximum Gasteiger partial charge on any atom is 0.390 e. The number of aliphatic hydroxyl groups excluding tert-OH is 1. The molecular formula is C12H11ClF3NO3S. The molecule has 0 spiro atoms. The van der Waals surface area contributed by atoms with Crippen molar-refractivity contribution in [3.63, 3.8) is 0 Å². The zero-order chi connectivity index (χ0) is 16.1. The quantitative estimate of drug-likeness (QED) is 0.822. The highest BCUT2D eigenvalue weighted by Gasteiger charge is 2.28. The van der Waals surface area contributed by atoms with E-state index in [1.54, 1.807) is 0 Å². The first-order valence-corrected chi connectivity index (χ1v) is 7.47. The number of aliphatic hydroxyl groups is 1. The van der Waals surface area contributed by atoms with E-state index >= 15 is 0 Å². The van der Waals surface area contributed by atoms with Gasteiger partial charge in [-0.05, 0) is 18.2 Å². The second-order valence-electron chi connectivity index (χ2n) is 3.87. The highest BCUT2D eigenvalue weighted by molar-refractivity contribution is 7.89. The van der Waals surface area contributed by atoms with Crippen LogP contribution < -0.4 is 4.72 Å². The summed E-state index contributed by atoms with van der Waals surface area (Å²) in [5.41, 5.74) is 0.378. The van der Waals surface area contributed by atoms with Gasteiger partial charge in [-0.2, -0.15) is 13.2 Å². The number of hydrogen-bond donors (Lipinski definition) is 2. The molecule has 1 rings (SSSR count). The molecule has 0 heterocycles. The van der Waals surface area contributed by atoms with Crippen molar-refractivity contribution in [3.8, 4) is 11.8 Å². The monoisotopic (exact) mass is 341 g/mol. The fourth-order valence-electron chi connectivity index (χ4n) is 1.34. The Morgan fingerprint density at radius 3 is 2.52 bits per heavy atom. The van der Waals surface area contributed by atoms with Gasteiger partial charge in [0.05, 0.1) is 11.4 Å². The van der Waals surface area contributed by atoms with Crippen molar-refractivity contribution < 1.29 is 26.7 Å². The number of rotatable bonds is 4. The Labute approximate surface area is 125 Å². The van der Waals surface area contributed by atoms with Crippen molar-refractivity contribution in [3.05, 3.63) is 28.8 Å². The molecule has 0 unspecified atom stereocenters. The average Bonchev–Trinajstić information content (AvgIpc) is 2.34. The van der Waals surface area contributed by atoms with Gasteiger partial charge in [0.1, 0.15) is 11.5 Å². The smallest absolute Gasteiger partial charge is 0.384 e. The van der Waals surface area contributed by atoms with Crippen LogP contribution in [-0.2, 0) is 10.0 Å². The molecule has 0 amide bonds. The van der Waals surface area contributed by atoms with Crippen molar-refractivity contribution in [1.29, 1.82) is 0 Å². The van der Waals surface area contributed by atoms with Crippen molar-refractivity contribution in [2.75, 3.05) is 13.2 Å². The van der Waals surface area contributed by atoms with Gasteiger partial charge >= 0.3 is 6.18 Å². The van der Waals surface area contributed by atoms with Gasteiger partial charge < -0.3 is 5.11 Å². The normalized spacial score (nSPS) is 11.9. The largest absolute Gasteiger partial charge is 0.390 e. The molecule has 1 aromatic rings. The van der Waals surface area contributed by atoms with Crippen LogP contribution in [0.15, 0.2) is 23.1 Å². The van der Waals surface area contributed by atoms with E-state index in [0.29, 0.717) is 5.56 Å². The van der Waals surface area contributed by atoms with Gasteiger partial charge in [-0.3, -0.25) is 0 Å². The van der Waals surface area contributed by atoms with Crippen LogP contribution in [0.3, 0.4) is 0 Å². The Balaban J connectivity index is 2.89. The molecule has 0 aliphatic heterocycles. The summed E-state index contributed by atoms with van der Waals surface area (Å²) in [6.45, 7) is -1.13. The molecule has 1 aromatic carbocycles. The first kappa shape index (κ1) is 17.8. The predicted molar refractivity (Wildman–Crippen MR) is 71.3 cm³/mol. The lowest BCUT2D eigenvalue weighted by molar-refractivity contribution is -0.132. The van der Waals surface area contributed by atoms with E-state index in [1.807, 2.05) is 4.72 Å². The number of halogens is 4. The van der Waals surface area contributed by atoms with Crippen LogP contribution in [0.1, 0.15) is 12.0 Å². The van der Waals surface area contributed by atoms with Crippen molar-refractivity contribution in [2.45, 2.75) is 17.5 Å². The molecule has 0 atom stereocenters. The molecule has 0 fully saturated rings. The van der Waals surface area contributed by atoms with Gasteiger partial charge in [0.2, 0.25) is 10.0 Å². The minimum absolute atomic E-state index is 0.167. The molecule has 4 nitrogen and oxygen atoms in total. The molecule has 0 saturated carbocycles. The molecular weight excluding hydrogens is 331 g/mol. The lowest BCUT2D eigenvalue weighted by Gasteiger charge is -2.10. The number of nitrogens with one attached hydrogen (secondary N) is 1. The zero-order valence-electron chi connectivity index (χ0n) is 10.5. The van der Waals surface area contributed by atoms with E-state index in [0.717, 1.165) is 6.07 Å². The van der Waals surface area contributed by atoms with Crippen molar-refractivity contribution >= 4 is 21.6 Å². The molecule has 0 radical (unpaired) electrons. The lowest BCUT2D eigenvalue weighted by Crippen LogP contribution is -2.28. The Bertz CT molecular complexity index is 663. The first-order valence-electron chi connectivity index (χ1n) is 5.61. The van der Waals surface area contributed by atoms with Gasteiger partial charge in [0.15, 0.2) is 0 Å². The minimum Gasteiger partial charge on any atom is -0.384 e. The average molecular weight is 342 g/mol. The van der Waals surface area contributed by atoms with E-state index in [-0.39, 0.29) is 16.5 Å². The Morgan fingerprint density at radius 1 is 1.33 bits per heavy atom. The predicted octanol–water partition coefficient (Wildman–Crippen LogP) is 1.91. The van der Waals surface area contributed by atoms with E-state index in [1.165, 1.54) is 12.1 Å². The second-order valence-corrected chi connectivity index (χ2v) is 6.01. The summed E-state index contributed by atoms with van der Waals surface area (Å²) in [6.07, 6.45) is -5.72. The fraction of sp³-hybridized carbons (Fsp3) is 0.333. The third-order valence-electron chi connectivity index (χ3n) is 2.23. The van der Waals surface area contributed by atoms with Crippen LogP contribution in [0.2, 0.25) is 5.02 Å². The van der Waals surface area contributed by atoms with Crippen LogP contribution in [0.4, 0.5) is 13.2 Å². The number of benzene rings is 1. The summed E-state index contributed by atoms with van der Waals surface area (Å²) in [4.78, 5) is -0.333. The molecule has 2 N–H and O–H groups in total. The molecule has 9 heteroatoms. The Morgan fingerprint density at radius 2 is 2.00 bits per heavy atom. The van der Waals surface area contributed by atoms with E-state index < -0.39 is 29.2 Å². The van der Waals surface area contributed by atoms with Gasteiger partial charge in [-0.1, -0.05) is 23.4 Å². The molecule has 116 valence electrons. The summed E-state index contributed by atoms with van der Waals surface area (Å²) < 4.78 is 61.4. The lowest BCUT2D eigenvalue weighted by atomic mass is 10.2. The molecule has 21 heavy (non-hydrogen) atoms. The van der Waals surface area contributed by atoms with Crippen LogP contribution >= 0.6 is 11.6 Å². The maximum atomic E-state index is 12.0.